The van der Waals surface area contributed by atoms with Crippen LogP contribution in [-0.2, 0) is 6.54 Å². The first kappa shape index (κ1) is 21.9. The predicted molar refractivity (Wildman–Crippen MR) is 142 cm³/mol. The average Bonchev–Trinajstić information content (AvgIpc) is 3.49. The molecule has 0 unspecified atom stereocenters. The van der Waals surface area contributed by atoms with Crippen LogP contribution in [0.15, 0.2) is 73.1 Å². The topological polar surface area (TPSA) is 62.5 Å². The number of piperidine rings is 1. The predicted octanol–water partition coefficient (Wildman–Crippen LogP) is 6.10. The highest BCUT2D eigenvalue weighted by molar-refractivity contribution is 7.22. The number of aromatic nitrogens is 3. The lowest BCUT2D eigenvalue weighted by Gasteiger charge is -2.30. The van der Waals surface area contributed by atoms with Crippen molar-refractivity contribution in [2.24, 2.45) is 5.92 Å². The van der Waals surface area contributed by atoms with Crippen LogP contribution in [0.5, 0.6) is 0 Å². The van der Waals surface area contributed by atoms with E-state index in [0.717, 1.165) is 52.7 Å². The van der Waals surface area contributed by atoms with Gasteiger partial charge in [-0.15, -0.1) is 0 Å². The fourth-order valence-corrected chi connectivity index (χ4v) is 5.56. The molecule has 1 fully saturated rings. The number of pyridine rings is 1. The third-order valence-electron chi connectivity index (χ3n) is 6.75. The molecule has 4 heterocycles. The summed E-state index contributed by atoms with van der Waals surface area (Å²) < 4.78 is 3.03. The number of nitrogens with zero attached hydrogens (tertiary/aromatic N) is 4. The Morgan fingerprint density at radius 3 is 2.71 bits per heavy atom. The summed E-state index contributed by atoms with van der Waals surface area (Å²) in [5, 5.41) is 3.59. The zero-order valence-electron chi connectivity index (χ0n) is 19.6. The fraction of sp³-hybridized carbons (Fsp3) is 0.250. The van der Waals surface area contributed by atoms with E-state index in [4.69, 9.17) is 4.98 Å². The molecule has 1 aliphatic rings. The summed E-state index contributed by atoms with van der Waals surface area (Å²) in [6, 6.07) is 20.1. The van der Waals surface area contributed by atoms with Crippen LogP contribution in [0.3, 0.4) is 0 Å². The first-order valence-corrected chi connectivity index (χ1v) is 12.9. The molecule has 0 bridgehead atoms. The number of thiazole rings is 1. The number of hydrogen-bond acceptors (Lipinski definition) is 5. The highest BCUT2D eigenvalue weighted by Gasteiger charge is 2.17. The van der Waals surface area contributed by atoms with Crippen LogP contribution in [0, 0.1) is 5.92 Å². The van der Waals surface area contributed by atoms with Crippen molar-refractivity contribution in [1.29, 1.82) is 0 Å². The molecule has 0 saturated carbocycles. The molecule has 1 aliphatic heterocycles. The average molecular weight is 482 g/mol. The minimum atomic E-state index is -0.182. The van der Waals surface area contributed by atoms with E-state index in [1.165, 1.54) is 29.7 Å². The number of fused-ring (bicyclic) bond motifs is 2. The van der Waals surface area contributed by atoms with Gasteiger partial charge < -0.3 is 4.40 Å². The van der Waals surface area contributed by atoms with E-state index in [1.54, 1.807) is 0 Å². The van der Waals surface area contributed by atoms with Crippen LogP contribution in [0.4, 0.5) is 5.13 Å². The van der Waals surface area contributed by atoms with Crippen LogP contribution in [0.25, 0.3) is 27.1 Å². The molecule has 3 aromatic heterocycles. The van der Waals surface area contributed by atoms with E-state index in [-0.39, 0.29) is 5.91 Å². The Bertz CT molecular complexity index is 1500. The fourth-order valence-electron chi connectivity index (χ4n) is 4.64. The van der Waals surface area contributed by atoms with Crippen LogP contribution < -0.4 is 5.32 Å². The number of benzene rings is 2. The summed E-state index contributed by atoms with van der Waals surface area (Å²) in [6.07, 6.45) is 6.39. The van der Waals surface area contributed by atoms with Crippen LogP contribution >= 0.6 is 11.3 Å². The zero-order chi connectivity index (χ0) is 23.8. The van der Waals surface area contributed by atoms with Crippen molar-refractivity contribution in [2.75, 3.05) is 18.4 Å². The van der Waals surface area contributed by atoms with Gasteiger partial charge in [-0.25, -0.2) is 9.97 Å². The maximum absolute atomic E-state index is 13.0. The van der Waals surface area contributed by atoms with E-state index in [0.29, 0.717) is 10.7 Å². The van der Waals surface area contributed by atoms with Crippen molar-refractivity contribution in [3.8, 4) is 11.3 Å². The first-order valence-electron chi connectivity index (χ1n) is 12.1. The maximum Gasteiger partial charge on any atom is 0.257 e. The molecule has 1 N–H and O–H groups in total. The number of carbonyl (C=O) groups is 1. The van der Waals surface area contributed by atoms with E-state index in [2.05, 4.69) is 40.3 Å². The van der Waals surface area contributed by atoms with Gasteiger partial charge in [0, 0.05) is 30.1 Å². The lowest BCUT2D eigenvalue weighted by atomic mass is 9.99. The van der Waals surface area contributed by atoms with Gasteiger partial charge in [0.05, 0.1) is 15.9 Å². The molecular weight excluding hydrogens is 454 g/mol. The number of amides is 1. The Morgan fingerprint density at radius 1 is 1.06 bits per heavy atom. The molecule has 6 rings (SSSR count). The molecule has 0 spiro atoms. The highest BCUT2D eigenvalue weighted by atomic mass is 32.1. The second-order valence-electron chi connectivity index (χ2n) is 9.41. The summed E-state index contributed by atoms with van der Waals surface area (Å²) in [5.74, 6) is 0.653. The summed E-state index contributed by atoms with van der Waals surface area (Å²) in [7, 11) is 0. The largest absolute Gasteiger partial charge is 0.306 e. The van der Waals surface area contributed by atoms with Crippen molar-refractivity contribution in [2.45, 2.75) is 26.3 Å². The van der Waals surface area contributed by atoms with Gasteiger partial charge in [-0.05, 0) is 61.7 Å². The number of likely N-dealkylation sites (tertiary alicyclic amines) is 1. The molecule has 1 amide bonds. The molecule has 176 valence electrons. The second-order valence-corrected chi connectivity index (χ2v) is 10.4. The minimum absolute atomic E-state index is 0.182. The second kappa shape index (κ2) is 9.24. The van der Waals surface area contributed by atoms with Gasteiger partial charge in [0.1, 0.15) is 5.65 Å². The number of hydrogen-bond donors (Lipinski definition) is 1. The van der Waals surface area contributed by atoms with Crippen molar-refractivity contribution < 1.29 is 4.79 Å². The molecule has 0 aliphatic carbocycles. The van der Waals surface area contributed by atoms with Gasteiger partial charge in [-0.3, -0.25) is 15.0 Å². The highest BCUT2D eigenvalue weighted by Crippen LogP contribution is 2.28. The molecule has 35 heavy (non-hydrogen) atoms. The Hall–Kier alpha value is -3.55. The van der Waals surface area contributed by atoms with Gasteiger partial charge in [0.2, 0.25) is 0 Å². The molecule has 2 aromatic carbocycles. The van der Waals surface area contributed by atoms with E-state index >= 15 is 0 Å². The SMILES string of the molecule is CC1CCN(Cc2ccc3nc(NC(=O)c4ccn5cc(-c6ccccc6)nc5c4)sc3c2)CC1. The summed E-state index contributed by atoms with van der Waals surface area (Å²) >= 11 is 1.52. The van der Waals surface area contributed by atoms with Crippen LogP contribution in [0.1, 0.15) is 35.7 Å². The third kappa shape index (κ3) is 4.70. The van der Waals surface area contributed by atoms with Crippen molar-refractivity contribution in [1.82, 2.24) is 19.3 Å². The number of rotatable bonds is 5. The van der Waals surface area contributed by atoms with E-state index in [1.807, 2.05) is 59.3 Å². The van der Waals surface area contributed by atoms with Gasteiger partial charge in [0.15, 0.2) is 5.13 Å². The third-order valence-corrected chi connectivity index (χ3v) is 7.68. The van der Waals surface area contributed by atoms with Crippen molar-refractivity contribution in [3.05, 3.63) is 84.2 Å². The summed E-state index contributed by atoms with van der Waals surface area (Å²) in [5.41, 5.74) is 5.43. The number of imidazole rings is 1. The molecule has 0 atom stereocenters. The maximum atomic E-state index is 13.0. The molecule has 6 nitrogen and oxygen atoms in total. The molecule has 7 heteroatoms. The molecule has 0 radical (unpaired) electrons. The van der Waals surface area contributed by atoms with Gasteiger partial charge >= 0.3 is 0 Å². The lowest BCUT2D eigenvalue weighted by molar-refractivity contribution is 0.102. The van der Waals surface area contributed by atoms with Gasteiger partial charge in [0.25, 0.3) is 5.91 Å². The first-order chi connectivity index (χ1) is 17.1. The number of nitrogens with one attached hydrogen (secondary N) is 1. The van der Waals surface area contributed by atoms with Crippen LogP contribution in [-0.4, -0.2) is 38.3 Å². The molecule has 5 aromatic rings. The summed E-state index contributed by atoms with van der Waals surface area (Å²) in [6.45, 7) is 5.64. The van der Waals surface area contributed by atoms with Crippen molar-refractivity contribution in [3.63, 3.8) is 0 Å². The van der Waals surface area contributed by atoms with E-state index < -0.39 is 0 Å². The minimum Gasteiger partial charge on any atom is -0.306 e. The van der Waals surface area contributed by atoms with Gasteiger partial charge in [-0.2, -0.15) is 0 Å². The van der Waals surface area contributed by atoms with Crippen molar-refractivity contribution >= 4 is 38.2 Å². The standard InChI is InChI=1S/C28H27N5OS/c1-19-9-12-32(13-10-19)17-20-7-8-23-25(15-20)35-28(30-23)31-27(34)22-11-14-33-18-24(29-26(33)16-22)21-5-3-2-4-6-21/h2-8,11,14-16,18-19H,9-10,12-13,17H2,1H3,(H,30,31,34). The Morgan fingerprint density at radius 2 is 1.89 bits per heavy atom. The Balaban J connectivity index is 1.17. The van der Waals surface area contributed by atoms with Crippen LogP contribution in [0.2, 0.25) is 0 Å². The quantitative estimate of drug-likeness (QED) is 0.330. The van der Waals surface area contributed by atoms with Gasteiger partial charge in [-0.1, -0.05) is 54.7 Å². The Kier molecular flexibility index (Phi) is 5.80. The smallest absolute Gasteiger partial charge is 0.257 e. The zero-order valence-corrected chi connectivity index (χ0v) is 20.5. The number of carbonyl (C=O) groups excluding carboxylic acids is 1. The Labute approximate surface area is 208 Å². The summed E-state index contributed by atoms with van der Waals surface area (Å²) in [4.78, 5) is 24.8. The number of anilines is 1. The van der Waals surface area contributed by atoms with E-state index in [9.17, 15) is 4.79 Å². The molecular formula is C28H27N5OS. The lowest BCUT2D eigenvalue weighted by Crippen LogP contribution is -2.32. The normalized spacial score (nSPS) is 15.1. The molecule has 1 saturated heterocycles. The monoisotopic (exact) mass is 481 g/mol.